The summed E-state index contributed by atoms with van der Waals surface area (Å²) in [5, 5.41) is 3.45. The first-order valence-corrected chi connectivity index (χ1v) is 6.71. The molecule has 19 heavy (non-hydrogen) atoms. The molecule has 0 spiro atoms. The van der Waals surface area contributed by atoms with Crippen LogP contribution in [0.1, 0.15) is 26.7 Å². The largest absolute Gasteiger partial charge is 0.492 e. The van der Waals surface area contributed by atoms with Gasteiger partial charge in [-0.25, -0.2) is 0 Å². The summed E-state index contributed by atoms with van der Waals surface area (Å²) in [7, 11) is 0. The summed E-state index contributed by atoms with van der Waals surface area (Å²) in [5.41, 5.74) is 5.19. The molecule has 1 amide bonds. The predicted octanol–water partition coefficient (Wildman–Crippen LogP) is 2.35. The van der Waals surface area contributed by atoms with E-state index in [1.54, 1.807) is 12.1 Å². The minimum Gasteiger partial charge on any atom is -0.492 e. The van der Waals surface area contributed by atoms with Gasteiger partial charge >= 0.3 is 0 Å². The molecule has 1 aromatic carbocycles. The first kappa shape index (κ1) is 15.8. The zero-order chi connectivity index (χ0) is 14.3. The van der Waals surface area contributed by atoms with Gasteiger partial charge in [-0.15, -0.1) is 0 Å². The van der Waals surface area contributed by atoms with Crippen LogP contribution in [0.2, 0.25) is 5.02 Å². The Kier molecular flexibility index (Phi) is 6.12. The predicted molar refractivity (Wildman–Crippen MR) is 77.5 cm³/mol. The normalized spacial score (nSPS) is 11.2. The Bertz CT molecular complexity index is 422. The molecule has 0 fully saturated rings. The molecule has 0 saturated heterocycles. The van der Waals surface area contributed by atoms with Gasteiger partial charge in [-0.2, -0.15) is 0 Å². The van der Waals surface area contributed by atoms with Crippen molar-refractivity contribution in [2.24, 2.45) is 5.73 Å². The smallest absolute Gasteiger partial charge is 0.220 e. The van der Waals surface area contributed by atoms with Gasteiger partial charge in [0.15, 0.2) is 0 Å². The van der Waals surface area contributed by atoms with Crippen molar-refractivity contribution in [2.75, 3.05) is 13.2 Å². The topological polar surface area (TPSA) is 64.3 Å². The summed E-state index contributed by atoms with van der Waals surface area (Å²) in [5.74, 6) is 0.630. The lowest BCUT2D eigenvalue weighted by molar-refractivity contribution is -0.122. The van der Waals surface area contributed by atoms with Crippen molar-refractivity contribution < 1.29 is 9.53 Å². The Hall–Kier alpha value is -1.26. The van der Waals surface area contributed by atoms with Crippen LogP contribution in [0.15, 0.2) is 24.3 Å². The number of para-hydroxylation sites is 1. The first-order chi connectivity index (χ1) is 8.94. The second-order valence-corrected chi connectivity index (χ2v) is 5.43. The van der Waals surface area contributed by atoms with E-state index < -0.39 is 0 Å². The SMILES string of the molecule is CC(C)(CN)NC(=O)CCCOc1ccccc1Cl. The molecule has 106 valence electrons. The minimum absolute atomic E-state index is 0.0155. The summed E-state index contributed by atoms with van der Waals surface area (Å²) >= 11 is 5.95. The summed E-state index contributed by atoms with van der Waals surface area (Å²) in [6, 6.07) is 7.28. The highest BCUT2D eigenvalue weighted by atomic mass is 35.5. The molecule has 0 saturated carbocycles. The number of hydrogen-bond acceptors (Lipinski definition) is 3. The number of nitrogens with one attached hydrogen (secondary N) is 1. The quantitative estimate of drug-likeness (QED) is 0.756. The highest BCUT2D eigenvalue weighted by Crippen LogP contribution is 2.23. The van der Waals surface area contributed by atoms with E-state index >= 15 is 0 Å². The lowest BCUT2D eigenvalue weighted by atomic mass is 10.1. The molecule has 4 nitrogen and oxygen atoms in total. The van der Waals surface area contributed by atoms with Crippen molar-refractivity contribution >= 4 is 17.5 Å². The molecule has 0 atom stereocenters. The van der Waals surface area contributed by atoms with Gasteiger partial charge in [0.2, 0.25) is 5.91 Å². The van der Waals surface area contributed by atoms with Gasteiger partial charge in [0.25, 0.3) is 0 Å². The summed E-state index contributed by atoms with van der Waals surface area (Å²) in [6.45, 7) is 4.66. The van der Waals surface area contributed by atoms with Gasteiger partial charge in [-0.3, -0.25) is 4.79 Å². The molecular weight excluding hydrogens is 264 g/mol. The fraction of sp³-hybridized carbons (Fsp3) is 0.500. The number of carbonyl (C=O) groups is 1. The maximum Gasteiger partial charge on any atom is 0.220 e. The van der Waals surface area contributed by atoms with Crippen molar-refractivity contribution in [3.8, 4) is 5.75 Å². The third-order valence-corrected chi connectivity index (χ3v) is 2.94. The van der Waals surface area contributed by atoms with Crippen molar-refractivity contribution in [1.82, 2.24) is 5.32 Å². The van der Waals surface area contributed by atoms with Crippen LogP contribution in [-0.2, 0) is 4.79 Å². The standard InChI is InChI=1S/C14H21ClN2O2/c1-14(2,10-16)17-13(18)8-5-9-19-12-7-4-3-6-11(12)15/h3-4,6-7H,5,8-10,16H2,1-2H3,(H,17,18). The van der Waals surface area contributed by atoms with Crippen LogP contribution in [0.5, 0.6) is 5.75 Å². The number of nitrogens with two attached hydrogens (primary N) is 1. The molecular formula is C14H21ClN2O2. The third kappa shape index (κ3) is 5.94. The van der Waals surface area contributed by atoms with E-state index in [2.05, 4.69) is 5.32 Å². The fourth-order valence-electron chi connectivity index (χ4n) is 1.47. The van der Waals surface area contributed by atoms with E-state index in [1.165, 1.54) is 0 Å². The molecule has 5 heteroatoms. The molecule has 0 radical (unpaired) electrons. The molecule has 1 rings (SSSR count). The van der Waals surface area contributed by atoms with Gasteiger partial charge in [0.05, 0.1) is 11.6 Å². The van der Waals surface area contributed by atoms with Gasteiger partial charge in [0, 0.05) is 18.5 Å². The Balaban J connectivity index is 2.25. The molecule has 1 aromatic rings. The molecule has 3 N–H and O–H groups in total. The third-order valence-electron chi connectivity index (χ3n) is 2.63. The number of rotatable bonds is 7. The molecule has 0 aromatic heterocycles. The van der Waals surface area contributed by atoms with E-state index in [9.17, 15) is 4.79 Å². The lowest BCUT2D eigenvalue weighted by Gasteiger charge is -2.24. The number of benzene rings is 1. The van der Waals surface area contributed by atoms with Gasteiger partial charge < -0.3 is 15.8 Å². The van der Waals surface area contributed by atoms with Crippen LogP contribution in [0, 0.1) is 0 Å². The maximum atomic E-state index is 11.6. The van der Waals surface area contributed by atoms with Gasteiger partial charge in [0.1, 0.15) is 5.75 Å². The molecule has 0 aliphatic heterocycles. The van der Waals surface area contributed by atoms with Crippen LogP contribution >= 0.6 is 11.6 Å². The van der Waals surface area contributed by atoms with E-state index in [0.29, 0.717) is 36.8 Å². The minimum atomic E-state index is -0.360. The zero-order valence-corrected chi connectivity index (χ0v) is 12.2. The van der Waals surface area contributed by atoms with E-state index in [4.69, 9.17) is 22.1 Å². The van der Waals surface area contributed by atoms with E-state index in [1.807, 2.05) is 26.0 Å². The lowest BCUT2D eigenvalue weighted by Crippen LogP contribution is -2.48. The van der Waals surface area contributed by atoms with Crippen LogP contribution in [0.3, 0.4) is 0 Å². The Labute approximate surface area is 119 Å². The fourth-order valence-corrected chi connectivity index (χ4v) is 1.66. The Morgan fingerprint density at radius 3 is 2.74 bits per heavy atom. The maximum absolute atomic E-state index is 11.6. The Morgan fingerprint density at radius 2 is 2.11 bits per heavy atom. The van der Waals surface area contributed by atoms with Crippen LogP contribution in [-0.4, -0.2) is 24.6 Å². The van der Waals surface area contributed by atoms with Crippen molar-refractivity contribution in [2.45, 2.75) is 32.2 Å². The summed E-state index contributed by atoms with van der Waals surface area (Å²) < 4.78 is 5.51. The van der Waals surface area contributed by atoms with E-state index in [0.717, 1.165) is 0 Å². The number of carbonyl (C=O) groups excluding carboxylic acids is 1. The van der Waals surface area contributed by atoms with Crippen molar-refractivity contribution in [3.63, 3.8) is 0 Å². The van der Waals surface area contributed by atoms with E-state index in [-0.39, 0.29) is 11.4 Å². The van der Waals surface area contributed by atoms with Gasteiger partial charge in [-0.05, 0) is 32.4 Å². The zero-order valence-electron chi connectivity index (χ0n) is 11.4. The van der Waals surface area contributed by atoms with Crippen molar-refractivity contribution in [3.05, 3.63) is 29.3 Å². The molecule has 0 aliphatic rings. The monoisotopic (exact) mass is 284 g/mol. The average Bonchev–Trinajstić information content (AvgIpc) is 2.36. The number of ether oxygens (including phenoxy) is 1. The number of hydrogen-bond donors (Lipinski definition) is 2. The molecule has 0 unspecified atom stereocenters. The second kappa shape index (κ2) is 7.36. The van der Waals surface area contributed by atoms with Gasteiger partial charge in [-0.1, -0.05) is 23.7 Å². The highest BCUT2D eigenvalue weighted by molar-refractivity contribution is 6.32. The number of halogens is 1. The van der Waals surface area contributed by atoms with Crippen molar-refractivity contribution in [1.29, 1.82) is 0 Å². The average molecular weight is 285 g/mol. The molecule has 0 aliphatic carbocycles. The summed E-state index contributed by atoms with van der Waals surface area (Å²) in [6.07, 6.45) is 1.05. The molecule has 0 bridgehead atoms. The summed E-state index contributed by atoms with van der Waals surface area (Å²) in [4.78, 5) is 11.6. The Morgan fingerprint density at radius 1 is 1.42 bits per heavy atom. The van der Waals surface area contributed by atoms with Crippen LogP contribution < -0.4 is 15.8 Å². The second-order valence-electron chi connectivity index (χ2n) is 5.02. The van der Waals surface area contributed by atoms with Crippen LogP contribution in [0.4, 0.5) is 0 Å². The highest BCUT2D eigenvalue weighted by Gasteiger charge is 2.17. The van der Waals surface area contributed by atoms with Crippen LogP contribution in [0.25, 0.3) is 0 Å². The first-order valence-electron chi connectivity index (χ1n) is 6.33. The molecule has 0 heterocycles. The number of amides is 1.